The summed E-state index contributed by atoms with van der Waals surface area (Å²) in [5, 5.41) is 3.36. The fourth-order valence-electron chi connectivity index (χ4n) is 3.90. The first-order valence-corrected chi connectivity index (χ1v) is 10.4. The van der Waals surface area contributed by atoms with Crippen molar-refractivity contribution in [3.8, 4) is 0 Å². The molecular formula is C25H30N4O. The summed E-state index contributed by atoms with van der Waals surface area (Å²) in [7, 11) is 0. The Balaban J connectivity index is 1.81. The van der Waals surface area contributed by atoms with Gasteiger partial charge in [-0.25, -0.2) is 0 Å². The summed E-state index contributed by atoms with van der Waals surface area (Å²) < 4.78 is 0. The van der Waals surface area contributed by atoms with Crippen molar-refractivity contribution >= 4 is 5.91 Å². The zero-order valence-electron chi connectivity index (χ0n) is 18.0. The Hall–Kier alpha value is -3.05. The number of amides is 1. The van der Waals surface area contributed by atoms with E-state index in [1.165, 1.54) is 22.3 Å². The number of pyridine rings is 2. The SMILES string of the molecule is Cc1cc(C(NCCc2cccnc2)C(N)=O)c(C)c(CCc2cccnc2)c1C. The van der Waals surface area contributed by atoms with Gasteiger partial charge in [0.1, 0.15) is 6.04 Å². The van der Waals surface area contributed by atoms with Crippen LogP contribution in [0, 0.1) is 20.8 Å². The van der Waals surface area contributed by atoms with E-state index in [-0.39, 0.29) is 5.91 Å². The second-order valence-corrected chi connectivity index (χ2v) is 7.77. The van der Waals surface area contributed by atoms with Crippen molar-refractivity contribution in [2.45, 2.75) is 46.1 Å². The van der Waals surface area contributed by atoms with Crippen LogP contribution in [0.1, 0.15) is 45.0 Å². The first-order chi connectivity index (χ1) is 14.5. The van der Waals surface area contributed by atoms with Gasteiger partial charge in [-0.3, -0.25) is 14.8 Å². The molecule has 0 aliphatic heterocycles. The first-order valence-electron chi connectivity index (χ1n) is 10.4. The van der Waals surface area contributed by atoms with Crippen molar-refractivity contribution in [1.82, 2.24) is 15.3 Å². The largest absolute Gasteiger partial charge is 0.368 e. The maximum atomic E-state index is 12.3. The fraction of sp³-hybridized carbons (Fsp3) is 0.320. The van der Waals surface area contributed by atoms with Crippen LogP contribution in [-0.4, -0.2) is 22.4 Å². The van der Waals surface area contributed by atoms with Crippen LogP contribution in [0.25, 0.3) is 0 Å². The number of aromatic nitrogens is 2. The smallest absolute Gasteiger partial charge is 0.239 e. The molecule has 0 radical (unpaired) electrons. The molecule has 2 aromatic heterocycles. The lowest BCUT2D eigenvalue weighted by atomic mass is 9.87. The first kappa shape index (κ1) is 21.7. The molecule has 3 aromatic rings. The molecule has 30 heavy (non-hydrogen) atoms. The van der Waals surface area contributed by atoms with Gasteiger partial charge in [0.2, 0.25) is 5.91 Å². The molecule has 0 aliphatic carbocycles. The van der Waals surface area contributed by atoms with Crippen molar-refractivity contribution in [2.75, 3.05) is 6.54 Å². The molecule has 1 aromatic carbocycles. The molecule has 0 bridgehead atoms. The van der Waals surface area contributed by atoms with E-state index in [9.17, 15) is 4.79 Å². The van der Waals surface area contributed by atoms with Crippen LogP contribution >= 0.6 is 0 Å². The van der Waals surface area contributed by atoms with E-state index >= 15 is 0 Å². The van der Waals surface area contributed by atoms with Crippen LogP contribution in [0.4, 0.5) is 0 Å². The van der Waals surface area contributed by atoms with Crippen molar-refractivity contribution in [3.63, 3.8) is 0 Å². The van der Waals surface area contributed by atoms with E-state index in [1.54, 1.807) is 12.4 Å². The van der Waals surface area contributed by atoms with Gasteiger partial charge in [0.15, 0.2) is 0 Å². The van der Waals surface area contributed by atoms with Gasteiger partial charge in [-0.05, 0) is 91.1 Å². The molecule has 0 saturated carbocycles. The minimum Gasteiger partial charge on any atom is -0.368 e. The Morgan fingerprint density at radius 1 is 0.967 bits per heavy atom. The molecule has 156 valence electrons. The van der Waals surface area contributed by atoms with Crippen molar-refractivity contribution in [2.24, 2.45) is 5.73 Å². The highest BCUT2D eigenvalue weighted by molar-refractivity contribution is 5.82. The van der Waals surface area contributed by atoms with E-state index in [2.05, 4.69) is 48.2 Å². The molecular weight excluding hydrogens is 372 g/mol. The molecule has 2 heterocycles. The van der Waals surface area contributed by atoms with Crippen LogP contribution < -0.4 is 11.1 Å². The summed E-state index contributed by atoms with van der Waals surface area (Å²) in [5.41, 5.74) is 14.0. The number of carbonyl (C=O) groups excluding carboxylic acids is 1. The number of nitrogens with zero attached hydrogens (tertiary/aromatic N) is 2. The van der Waals surface area contributed by atoms with Gasteiger partial charge >= 0.3 is 0 Å². The summed E-state index contributed by atoms with van der Waals surface area (Å²) >= 11 is 0. The zero-order chi connectivity index (χ0) is 21.5. The third-order valence-electron chi connectivity index (χ3n) is 5.77. The number of nitrogens with two attached hydrogens (primary N) is 1. The number of carbonyl (C=O) groups is 1. The number of hydrogen-bond acceptors (Lipinski definition) is 4. The molecule has 5 heteroatoms. The number of benzene rings is 1. The van der Waals surface area contributed by atoms with Crippen LogP contribution in [0.5, 0.6) is 0 Å². The van der Waals surface area contributed by atoms with Gasteiger partial charge in [0.05, 0.1) is 0 Å². The Morgan fingerprint density at radius 2 is 1.60 bits per heavy atom. The predicted octanol–water partition coefficient (Wildman–Crippen LogP) is 3.55. The second kappa shape index (κ2) is 10.1. The third-order valence-corrected chi connectivity index (χ3v) is 5.77. The Kier molecular flexibility index (Phi) is 7.31. The number of rotatable bonds is 9. The van der Waals surface area contributed by atoms with Crippen molar-refractivity contribution < 1.29 is 4.79 Å². The number of primary amides is 1. The zero-order valence-corrected chi connectivity index (χ0v) is 18.0. The van der Waals surface area contributed by atoms with E-state index in [0.29, 0.717) is 6.54 Å². The van der Waals surface area contributed by atoms with Gasteiger partial charge < -0.3 is 11.1 Å². The highest BCUT2D eigenvalue weighted by Crippen LogP contribution is 2.28. The molecule has 3 rings (SSSR count). The minimum absolute atomic E-state index is 0.356. The lowest BCUT2D eigenvalue weighted by molar-refractivity contribution is -0.120. The summed E-state index contributed by atoms with van der Waals surface area (Å²) in [4.78, 5) is 20.7. The van der Waals surface area contributed by atoms with Crippen LogP contribution in [0.15, 0.2) is 55.1 Å². The van der Waals surface area contributed by atoms with Crippen LogP contribution in [0.3, 0.4) is 0 Å². The summed E-state index contributed by atoms with van der Waals surface area (Å²) in [6, 6.07) is 9.60. The lowest BCUT2D eigenvalue weighted by Crippen LogP contribution is -2.35. The van der Waals surface area contributed by atoms with Gasteiger partial charge in [-0.2, -0.15) is 0 Å². The van der Waals surface area contributed by atoms with Gasteiger partial charge in [-0.1, -0.05) is 18.2 Å². The molecule has 0 spiro atoms. The third kappa shape index (κ3) is 5.30. The highest BCUT2D eigenvalue weighted by Gasteiger charge is 2.22. The van der Waals surface area contributed by atoms with Crippen LogP contribution in [-0.2, 0) is 24.1 Å². The normalized spacial score (nSPS) is 12.0. The molecule has 1 unspecified atom stereocenters. The van der Waals surface area contributed by atoms with Crippen molar-refractivity contribution in [1.29, 1.82) is 0 Å². The fourth-order valence-corrected chi connectivity index (χ4v) is 3.90. The predicted molar refractivity (Wildman–Crippen MR) is 120 cm³/mol. The molecule has 1 atom stereocenters. The second-order valence-electron chi connectivity index (χ2n) is 7.77. The standard InChI is InChI=1S/C25H30N4O/c1-17-14-23(24(25(26)30)29-13-10-21-7-5-12-28-16-21)19(3)22(18(17)2)9-8-20-6-4-11-27-15-20/h4-7,11-12,14-16,24,29H,8-10,13H2,1-3H3,(H2,26,30). The molecule has 5 nitrogen and oxygen atoms in total. The van der Waals surface area contributed by atoms with Gasteiger partial charge in [0.25, 0.3) is 0 Å². The summed E-state index contributed by atoms with van der Waals surface area (Å²) in [6.07, 6.45) is 9.91. The molecule has 0 saturated heterocycles. The van der Waals surface area contributed by atoms with E-state index in [1.807, 2.05) is 30.6 Å². The van der Waals surface area contributed by atoms with E-state index in [0.717, 1.165) is 36.0 Å². The van der Waals surface area contributed by atoms with Crippen molar-refractivity contribution in [3.05, 3.63) is 94.1 Å². The molecule has 3 N–H and O–H groups in total. The number of hydrogen-bond donors (Lipinski definition) is 2. The monoisotopic (exact) mass is 402 g/mol. The molecule has 0 fully saturated rings. The quantitative estimate of drug-likeness (QED) is 0.574. The van der Waals surface area contributed by atoms with Gasteiger partial charge in [-0.15, -0.1) is 0 Å². The average Bonchev–Trinajstić information content (AvgIpc) is 2.75. The topological polar surface area (TPSA) is 80.9 Å². The van der Waals surface area contributed by atoms with Gasteiger partial charge in [0, 0.05) is 31.3 Å². The maximum Gasteiger partial charge on any atom is 0.239 e. The Morgan fingerprint density at radius 3 is 2.17 bits per heavy atom. The summed E-state index contributed by atoms with van der Waals surface area (Å²) in [6.45, 7) is 7.00. The van der Waals surface area contributed by atoms with E-state index < -0.39 is 6.04 Å². The maximum absolute atomic E-state index is 12.3. The highest BCUT2D eigenvalue weighted by atomic mass is 16.1. The number of nitrogens with one attached hydrogen (secondary N) is 1. The van der Waals surface area contributed by atoms with Crippen LogP contribution in [0.2, 0.25) is 0 Å². The number of aryl methyl sites for hydroxylation is 2. The Bertz CT molecular complexity index is 987. The van der Waals surface area contributed by atoms with E-state index in [4.69, 9.17) is 5.73 Å². The molecule has 0 aliphatic rings. The molecule has 1 amide bonds. The average molecular weight is 403 g/mol. The lowest BCUT2D eigenvalue weighted by Gasteiger charge is -2.23. The minimum atomic E-state index is -0.516. The summed E-state index contributed by atoms with van der Waals surface area (Å²) in [5.74, 6) is -0.356. The Labute approximate surface area is 178 Å².